The molecule has 0 spiro atoms. The van der Waals surface area contributed by atoms with Crippen LogP contribution in [0.2, 0.25) is 0 Å². The Morgan fingerprint density at radius 3 is 1.43 bits per heavy atom. The van der Waals surface area contributed by atoms with E-state index in [4.69, 9.17) is 29.6 Å². The van der Waals surface area contributed by atoms with E-state index in [0.717, 1.165) is 49.6 Å². The number of hydrogen-bond donors (Lipinski definition) is 3. The van der Waals surface area contributed by atoms with E-state index in [-0.39, 0.29) is 12.5 Å². The summed E-state index contributed by atoms with van der Waals surface area (Å²) in [5.41, 5.74) is 6.16. The maximum Gasteiger partial charge on any atom is 0.490 e. The number of rotatable bonds is 11. The minimum absolute atomic E-state index is 0.143. The van der Waals surface area contributed by atoms with Crippen molar-refractivity contribution >= 4 is 17.9 Å². The number of aliphatic carboxylic acids is 3. The van der Waals surface area contributed by atoms with E-state index in [9.17, 15) is 31.1 Å². The molecule has 9 nitrogen and oxygen atoms in total. The Morgan fingerprint density at radius 1 is 0.604 bits per heavy atom. The first kappa shape index (κ1) is 42.0. The van der Waals surface area contributed by atoms with Crippen molar-refractivity contribution in [3.8, 4) is 5.75 Å². The van der Waals surface area contributed by atoms with Gasteiger partial charge in [0.2, 0.25) is 0 Å². The predicted molar refractivity (Wildman–Crippen MR) is 182 cm³/mol. The van der Waals surface area contributed by atoms with E-state index >= 15 is 0 Å². The van der Waals surface area contributed by atoms with Gasteiger partial charge >= 0.3 is 30.3 Å². The van der Waals surface area contributed by atoms with Crippen molar-refractivity contribution in [2.45, 2.75) is 44.4 Å². The van der Waals surface area contributed by atoms with E-state index in [1.165, 1.54) is 16.7 Å². The fourth-order valence-corrected chi connectivity index (χ4v) is 5.23. The second-order valence-corrected chi connectivity index (χ2v) is 11.8. The summed E-state index contributed by atoms with van der Waals surface area (Å²) in [5, 5.41) is 23.1. The third-order valence-corrected chi connectivity index (χ3v) is 7.87. The minimum atomic E-state index is -5.08. The Hall–Kier alpha value is -5.41. The molecule has 0 unspecified atom stereocenters. The normalized spacial score (nSPS) is 13.6. The minimum Gasteiger partial charge on any atom is -0.489 e. The molecule has 0 atom stereocenters. The summed E-state index contributed by atoms with van der Waals surface area (Å²) in [6.07, 6.45) is -9.49. The molecule has 53 heavy (non-hydrogen) atoms. The Bertz CT molecular complexity index is 1650. The van der Waals surface area contributed by atoms with Crippen LogP contribution >= 0.6 is 0 Å². The highest BCUT2D eigenvalue weighted by Crippen LogP contribution is 2.29. The van der Waals surface area contributed by atoms with Gasteiger partial charge in [-0.2, -0.15) is 26.3 Å². The van der Waals surface area contributed by atoms with Gasteiger partial charge in [-0.05, 0) is 46.4 Å². The first-order valence-corrected chi connectivity index (χ1v) is 16.2. The summed E-state index contributed by atoms with van der Waals surface area (Å²) in [4.78, 5) is 33.7. The molecular formula is C38H38F6N2O7. The Labute approximate surface area is 301 Å². The number of halogens is 6. The smallest absolute Gasteiger partial charge is 0.489 e. The molecule has 0 aromatic heterocycles. The summed E-state index contributed by atoms with van der Waals surface area (Å²) in [6.45, 7) is 5.62. The molecule has 0 amide bonds. The molecular weight excluding hydrogens is 710 g/mol. The maximum absolute atomic E-state index is 10.7. The molecule has 5 rings (SSSR count). The molecule has 1 aliphatic heterocycles. The molecule has 1 heterocycles. The van der Waals surface area contributed by atoms with Crippen LogP contribution < -0.4 is 4.74 Å². The lowest BCUT2D eigenvalue weighted by Crippen LogP contribution is -2.47. The molecule has 0 radical (unpaired) electrons. The van der Waals surface area contributed by atoms with Gasteiger partial charge in [0.15, 0.2) is 0 Å². The second kappa shape index (κ2) is 20.0. The van der Waals surface area contributed by atoms with E-state index < -0.39 is 30.3 Å². The van der Waals surface area contributed by atoms with Crippen LogP contribution in [0.1, 0.15) is 40.3 Å². The molecule has 4 aromatic carbocycles. The molecule has 0 saturated carbocycles. The number of carboxylic acid groups (broad SMARTS) is 3. The monoisotopic (exact) mass is 748 g/mol. The topological polar surface area (TPSA) is 128 Å². The molecule has 4 aromatic rings. The summed E-state index contributed by atoms with van der Waals surface area (Å²) in [6, 6.07) is 38.4. The van der Waals surface area contributed by atoms with Crippen molar-refractivity contribution in [1.82, 2.24) is 9.80 Å². The van der Waals surface area contributed by atoms with Crippen LogP contribution in [0.25, 0.3) is 0 Å². The quantitative estimate of drug-likeness (QED) is 0.134. The number of alkyl halides is 6. The molecule has 1 fully saturated rings. The summed E-state index contributed by atoms with van der Waals surface area (Å²) < 4.78 is 69.4. The highest BCUT2D eigenvalue weighted by Gasteiger charge is 2.39. The van der Waals surface area contributed by atoms with E-state index in [2.05, 4.69) is 94.7 Å². The third-order valence-electron chi connectivity index (χ3n) is 7.87. The van der Waals surface area contributed by atoms with Crippen LogP contribution in [0, 0.1) is 0 Å². The van der Waals surface area contributed by atoms with Crippen LogP contribution in [0.3, 0.4) is 0 Å². The summed E-state index contributed by atoms with van der Waals surface area (Å²) in [5.74, 6) is -5.50. The van der Waals surface area contributed by atoms with Crippen LogP contribution in [0.4, 0.5) is 26.3 Å². The largest absolute Gasteiger partial charge is 0.490 e. The second-order valence-electron chi connectivity index (χ2n) is 11.8. The number of carbonyl (C=O) groups is 3. The van der Waals surface area contributed by atoms with Gasteiger partial charge in [0.25, 0.3) is 0 Å². The Kier molecular flexibility index (Phi) is 15.8. The van der Waals surface area contributed by atoms with Gasteiger partial charge in [-0.3, -0.25) is 14.6 Å². The molecule has 284 valence electrons. The lowest BCUT2D eigenvalue weighted by atomic mass is 9.96. The van der Waals surface area contributed by atoms with Crippen molar-refractivity contribution in [2.24, 2.45) is 0 Å². The number of piperazine rings is 1. The van der Waals surface area contributed by atoms with Crippen molar-refractivity contribution < 1.29 is 60.8 Å². The summed E-state index contributed by atoms with van der Waals surface area (Å²) >= 11 is 0. The van der Waals surface area contributed by atoms with Gasteiger partial charge in [0.1, 0.15) is 12.4 Å². The summed E-state index contributed by atoms with van der Waals surface area (Å²) in [7, 11) is 0. The van der Waals surface area contributed by atoms with Gasteiger partial charge in [-0.1, -0.05) is 97.1 Å². The van der Waals surface area contributed by atoms with Gasteiger partial charge in [0, 0.05) is 39.1 Å². The average molecular weight is 749 g/mol. The van der Waals surface area contributed by atoms with Crippen molar-refractivity contribution in [1.29, 1.82) is 0 Å². The lowest BCUT2D eigenvalue weighted by Gasteiger charge is -2.40. The zero-order valence-electron chi connectivity index (χ0n) is 28.3. The number of hydrogen-bond acceptors (Lipinski definition) is 6. The van der Waals surface area contributed by atoms with E-state index in [1.54, 1.807) is 0 Å². The molecule has 1 saturated heterocycles. The number of aryl methyl sites for hydroxylation is 1. The number of benzene rings is 4. The first-order chi connectivity index (χ1) is 25.0. The van der Waals surface area contributed by atoms with Crippen LogP contribution in [0.15, 0.2) is 109 Å². The number of carboxylic acids is 3. The Morgan fingerprint density at radius 2 is 1.02 bits per heavy atom. The zero-order chi connectivity index (χ0) is 39.0. The maximum atomic E-state index is 10.7. The van der Waals surface area contributed by atoms with Gasteiger partial charge in [0.05, 0.1) is 6.04 Å². The predicted octanol–water partition coefficient (Wildman–Crippen LogP) is 7.46. The highest BCUT2D eigenvalue weighted by atomic mass is 19.4. The number of nitrogens with zero attached hydrogens (tertiary/aromatic N) is 2. The van der Waals surface area contributed by atoms with E-state index in [1.807, 2.05) is 24.3 Å². The fourth-order valence-electron chi connectivity index (χ4n) is 5.23. The van der Waals surface area contributed by atoms with Crippen LogP contribution in [-0.2, 0) is 34.0 Å². The lowest BCUT2D eigenvalue weighted by molar-refractivity contribution is -0.193. The zero-order valence-corrected chi connectivity index (χ0v) is 28.3. The molecule has 3 N–H and O–H groups in total. The van der Waals surface area contributed by atoms with Gasteiger partial charge in [-0.25, -0.2) is 9.59 Å². The van der Waals surface area contributed by atoms with E-state index in [0.29, 0.717) is 13.0 Å². The van der Waals surface area contributed by atoms with Crippen molar-refractivity contribution in [3.63, 3.8) is 0 Å². The van der Waals surface area contributed by atoms with Crippen LogP contribution in [-0.4, -0.2) is 81.6 Å². The molecule has 0 bridgehead atoms. The SMILES string of the molecule is O=C(O)C(F)(F)F.O=C(O)C(F)(F)F.O=C(O)CCc1ccc(OCc2ccc(CN3CCN(C(c4ccccc4)c4ccccc4)CC3)cc2)cc1. The Balaban J connectivity index is 0.000000458. The van der Waals surface area contributed by atoms with Crippen molar-refractivity contribution in [3.05, 3.63) is 137 Å². The van der Waals surface area contributed by atoms with Crippen LogP contribution in [0.5, 0.6) is 5.75 Å². The standard InChI is InChI=1S/C34H36N2O3.2C2HF3O2/c37-33(38)20-17-27-15-18-32(19-16-27)39-26-29-13-11-28(12-14-29)25-35-21-23-36(24-22-35)34(30-7-3-1-4-8-30)31-9-5-2-6-10-31;2*3-2(4,5)1(6)7/h1-16,18-19,34H,17,20-26H2,(H,37,38);2*(H,6,7). The molecule has 1 aliphatic rings. The molecule has 0 aliphatic carbocycles. The third kappa shape index (κ3) is 15.0. The fraction of sp³-hybridized carbons (Fsp3) is 0.289. The van der Waals surface area contributed by atoms with Crippen molar-refractivity contribution in [2.75, 3.05) is 26.2 Å². The molecule has 15 heteroatoms. The first-order valence-electron chi connectivity index (χ1n) is 16.2. The van der Waals surface area contributed by atoms with Gasteiger partial charge in [-0.15, -0.1) is 0 Å². The van der Waals surface area contributed by atoms with Gasteiger partial charge < -0.3 is 20.1 Å². The average Bonchev–Trinajstić information content (AvgIpc) is 3.12. The highest BCUT2D eigenvalue weighted by molar-refractivity contribution is 5.73. The number of ether oxygens (including phenoxy) is 1.